The lowest BCUT2D eigenvalue weighted by atomic mass is 9.79. The number of benzene rings is 2. The van der Waals surface area contributed by atoms with Gasteiger partial charge in [-0.1, -0.05) is 19.9 Å². The van der Waals surface area contributed by atoms with Gasteiger partial charge in [-0.05, 0) is 50.5 Å². The largest absolute Gasteiger partial charge is 0.586 e. The van der Waals surface area contributed by atoms with E-state index in [4.69, 9.17) is 4.74 Å². The summed E-state index contributed by atoms with van der Waals surface area (Å²) in [6, 6.07) is 7.15. The number of nitrogens with one attached hydrogen (secondary N) is 1. The molecule has 0 unspecified atom stereocenters. The number of ether oxygens (including phenoxy) is 3. The Morgan fingerprint density at radius 2 is 1.80 bits per heavy atom. The van der Waals surface area contributed by atoms with E-state index in [0.717, 1.165) is 11.3 Å². The number of aliphatic hydroxyl groups is 2. The van der Waals surface area contributed by atoms with Gasteiger partial charge in [0.15, 0.2) is 11.5 Å². The Morgan fingerprint density at radius 3 is 2.48 bits per heavy atom. The molecule has 6 rings (SSSR count). The van der Waals surface area contributed by atoms with Crippen LogP contribution in [0.2, 0.25) is 0 Å². The first-order valence-electron chi connectivity index (χ1n) is 13.2. The number of alkyl halides is 2. The molecule has 3 aliphatic rings. The number of carbonyl (C=O) groups excluding carboxylic acids is 1. The van der Waals surface area contributed by atoms with Gasteiger partial charge >= 0.3 is 6.29 Å². The van der Waals surface area contributed by atoms with E-state index in [1.807, 2.05) is 32.3 Å². The van der Waals surface area contributed by atoms with E-state index in [1.54, 1.807) is 12.1 Å². The van der Waals surface area contributed by atoms with Gasteiger partial charge in [-0.2, -0.15) is 0 Å². The molecule has 1 aliphatic carbocycles. The minimum atomic E-state index is -3.77. The third kappa shape index (κ3) is 4.13. The van der Waals surface area contributed by atoms with Crippen LogP contribution in [0.4, 0.5) is 18.9 Å². The molecule has 0 radical (unpaired) electrons. The number of carbonyl (C=O) groups is 1. The molecule has 1 atom stereocenters. The number of anilines is 1. The maximum absolute atomic E-state index is 15.6. The molecule has 1 fully saturated rings. The van der Waals surface area contributed by atoms with Crippen molar-refractivity contribution in [2.24, 2.45) is 0 Å². The van der Waals surface area contributed by atoms with Gasteiger partial charge in [-0.25, -0.2) is 4.39 Å². The van der Waals surface area contributed by atoms with Gasteiger partial charge in [0, 0.05) is 28.1 Å². The lowest BCUT2D eigenvalue weighted by Gasteiger charge is -2.41. The average molecular weight is 561 g/mol. The summed E-state index contributed by atoms with van der Waals surface area (Å²) >= 11 is 0. The van der Waals surface area contributed by atoms with Crippen LogP contribution in [0.5, 0.6) is 11.5 Å². The lowest BCUT2D eigenvalue weighted by molar-refractivity contribution is -0.286. The van der Waals surface area contributed by atoms with E-state index in [9.17, 15) is 23.8 Å². The minimum Gasteiger partial charge on any atom is -0.395 e. The second-order valence-corrected chi connectivity index (χ2v) is 12.1. The van der Waals surface area contributed by atoms with Gasteiger partial charge in [0.25, 0.3) is 0 Å². The van der Waals surface area contributed by atoms with Crippen molar-refractivity contribution in [1.29, 1.82) is 0 Å². The smallest absolute Gasteiger partial charge is 0.395 e. The summed E-state index contributed by atoms with van der Waals surface area (Å²) in [5, 5.41) is 23.2. The van der Waals surface area contributed by atoms with Gasteiger partial charge in [0.05, 0.1) is 48.1 Å². The topological polar surface area (TPSA) is 102 Å². The SMILES string of the molecule is CC1(C)COC(C)(C)c2c1n(C[C@@H](O)CO)c1cc(F)c(NC(=O)C3(c4ccc5c(c4)OC(F)(F)O5)CC3)cc21. The van der Waals surface area contributed by atoms with Gasteiger partial charge in [0.1, 0.15) is 5.82 Å². The highest BCUT2D eigenvalue weighted by Gasteiger charge is 2.53. The lowest BCUT2D eigenvalue weighted by Crippen LogP contribution is -2.41. The highest BCUT2D eigenvalue weighted by molar-refractivity contribution is 6.03. The number of aliphatic hydroxyl groups excluding tert-OH is 2. The van der Waals surface area contributed by atoms with Crippen molar-refractivity contribution in [2.75, 3.05) is 18.5 Å². The van der Waals surface area contributed by atoms with Crippen molar-refractivity contribution in [1.82, 2.24) is 4.57 Å². The minimum absolute atomic E-state index is 0.0297. The molecule has 2 aliphatic heterocycles. The quantitative estimate of drug-likeness (QED) is 0.405. The van der Waals surface area contributed by atoms with Crippen molar-refractivity contribution in [3.63, 3.8) is 0 Å². The van der Waals surface area contributed by atoms with Gasteiger partial charge in [-0.3, -0.25) is 4.79 Å². The van der Waals surface area contributed by atoms with Crippen LogP contribution in [-0.2, 0) is 32.5 Å². The predicted octanol–water partition coefficient (Wildman–Crippen LogP) is 4.67. The molecule has 3 aromatic rings. The van der Waals surface area contributed by atoms with Crippen LogP contribution in [0, 0.1) is 5.82 Å². The van der Waals surface area contributed by atoms with Crippen LogP contribution >= 0.6 is 0 Å². The molecule has 0 saturated heterocycles. The number of aromatic nitrogens is 1. The molecule has 1 amide bonds. The number of amides is 1. The number of halogens is 3. The Morgan fingerprint density at radius 1 is 1.10 bits per heavy atom. The average Bonchev–Trinajstić information content (AvgIpc) is 3.54. The van der Waals surface area contributed by atoms with E-state index in [2.05, 4.69) is 14.8 Å². The van der Waals surface area contributed by atoms with E-state index >= 15 is 4.39 Å². The summed E-state index contributed by atoms with van der Waals surface area (Å²) in [6.45, 7) is 7.82. The van der Waals surface area contributed by atoms with Crippen molar-refractivity contribution in [2.45, 2.75) is 75.9 Å². The first kappa shape index (κ1) is 26.9. The molecule has 0 spiro atoms. The zero-order valence-electron chi connectivity index (χ0n) is 22.6. The second kappa shape index (κ2) is 8.61. The monoisotopic (exact) mass is 560 g/mol. The molecule has 40 heavy (non-hydrogen) atoms. The van der Waals surface area contributed by atoms with Crippen LogP contribution in [0.3, 0.4) is 0 Å². The van der Waals surface area contributed by atoms with Crippen LogP contribution in [0.25, 0.3) is 10.9 Å². The third-order valence-corrected chi connectivity index (χ3v) is 8.18. The molecule has 8 nitrogen and oxygen atoms in total. The summed E-state index contributed by atoms with van der Waals surface area (Å²) in [4.78, 5) is 13.5. The zero-order valence-corrected chi connectivity index (χ0v) is 22.6. The fourth-order valence-electron chi connectivity index (χ4n) is 6.00. The zero-order chi connectivity index (χ0) is 28.8. The van der Waals surface area contributed by atoms with Crippen molar-refractivity contribution in [3.8, 4) is 11.5 Å². The van der Waals surface area contributed by atoms with Gasteiger partial charge in [-0.15, -0.1) is 8.78 Å². The first-order valence-corrected chi connectivity index (χ1v) is 13.2. The summed E-state index contributed by atoms with van der Waals surface area (Å²) < 4.78 is 59.7. The van der Waals surface area contributed by atoms with Crippen LogP contribution in [-0.4, -0.2) is 46.3 Å². The fourth-order valence-corrected chi connectivity index (χ4v) is 6.00. The van der Waals surface area contributed by atoms with E-state index in [0.29, 0.717) is 35.9 Å². The Kier molecular flexibility index (Phi) is 5.79. The van der Waals surface area contributed by atoms with Crippen molar-refractivity contribution in [3.05, 3.63) is 53.0 Å². The predicted molar refractivity (Wildman–Crippen MR) is 139 cm³/mol. The maximum Gasteiger partial charge on any atom is 0.586 e. The number of rotatable bonds is 6. The van der Waals surface area contributed by atoms with Crippen LogP contribution < -0.4 is 14.8 Å². The van der Waals surface area contributed by atoms with E-state index in [-0.39, 0.29) is 23.7 Å². The number of nitrogens with zero attached hydrogens (tertiary/aromatic N) is 1. The normalized spacial score (nSPS) is 21.6. The molecule has 3 heterocycles. The van der Waals surface area contributed by atoms with Crippen LogP contribution in [0.15, 0.2) is 30.3 Å². The molecule has 1 aromatic heterocycles. The molecular weight excluding hydrogens is 529 g/mol. The van der Waals surface area contributed by atoms with E-state index in [1.165, 1.54) is 18.2 Å². The summed E-state index contributed by atoms with van der Waals surface area (Å²) in [5.74, 6) is -1.41. The van der Waals surface area contributed by atoms with Crippen molar-refractivity contribution >= 4 is 22.5 Å². The Labute approximate surface area is 228 Å². The Hall–Kier alpha value is -3.28. The molecular formula is C29H31F3N2O6. The first-order chi connectivity index (χ1) is 18.7. The third-order valence-electron chi connectivity index (χ3n) is 8.18. The standard InChI is InChI=1S/C29H31F3N2O6/c1-26(2)14-38-27(3,4)23-17-10-19(18(30)11-20(17)34(24(23)26)12-16(36)13-35)33-25(37)28(7-8-28)15-5-6-21-22(9-15)40-29(31,32)39-21/h5-6,9-11,16,35-36H,7-8,12-14H2,1-4H3,(H,33,37)/t16-/m1/s1. The highest BCUT2D eigenvalue weighted by Crippen LogP contribution is 2.53. The molecule has 1 saturated carbocycles. The molecule has 11 heteroatoms. The summed E-state index contributed by atoms with van der Waals surface area (Å²) in [6.07, 6.45) is -3.91. The molecule has 214 valence electrons. The highest BCUT2D eigenvalue weighted by atomic mass is 19.3. The van der Waals surface area contributed by atoms with Gasteiger partial charge in [0.2, 0.25) is 5.91 Å². The summed E-state index contributed by atoms with van der Waals surface area (Å²) in [7, 11) is 0. The molecule has 0 bridgehead atoms. The molecule has 3 N–H and O–H groups in total. The van der Waals surface area contributed by atoms with E-state index < -0.39 is 47.2 Å². The number of hydrogen-bond acceptors (Lipinski definition) is 6. The summed E-state index contributed by atoms with van der Waals surface area (Å²) in [5.41, 5.74) is 0.400. The van der Waals surface area contributed by atoms with Gasteiger partial charge < -0.3 is 34.3 Å². The Balaban J connectivity index is 1.40. The number of fused-ring (bicyclic) bond motifs is 4. The Bertz CT molecular complexity index is 1540. The maximum atomic E-state index is 15.6. The van der Waals surface area contributed by atoms with Crippen molar-refractivity contribution < 1.29 is 42.4 Å². The number of hydrogen-bond donors (Lipinski definition) is 3. The second-order valence-electron chi connectivity index (χ2n) is 12.1. The molecule has 2 aromatic carbocycles. The van der Waals surface area contributed by atoms with Crippen LogP contribution in [0.1, 0.15) is 57.4 Å². The fraction of sp³-hybridized carbons (Fsp3) is 0.483.